The van der Waals surface area contributed by atoms with Crippen LogP contribution in [0.25, 0.3) is 0 Å². The van der Waals surface area contributed by atoms with Gasteiger partial charge in [-0.2, -0.15) is 5.10 Å². The van der Waals surface area contributed by atoms with Gasteiger partial charge in [-0.05, 0) is 94.1 Å². The Morgan fingerprint density at radius 1 is 1.10 bits per heavy atom. The van der Waals surface area contributed by atoms with Gasteiger partial charge in [-0.15, -0.1) is 0 Å². The summed E-state index contributed by atoms with van der Waals surface area (Å²) in [7, 11) is 0. The molecular weight excluding hydrogens is 649 g/mol. The first kappa shape index (κ1) is 23.3. The molecule has 0 bridgehead atoms. The zero-order valence-electron chi connectivity index (χ0n) is 15.8. The van der Waals surface area contributed by atoms with Gasteiger partial charge in [0.1, 0.15) is 12.4 Å². The molecule has 0 heterocycles. The third kappa shape index (κ3) is 6.32. The molecule has 0 radical (unpaired) electrons. The quantitative estimate of drug-likeness (QED) is 0.178. The summed E-state index contributed by atoms with van der Waals surface area (Å²) in [6.07, 6.45) is 1.61. The molecule has 0 aliphatic rings. The van der Waals surface area contributed by atoms with E-state index in [1.807, 2.05) is 43.3 Å². The van der Waals surface area contributed by atoms with E-state index in [0.29, 0.717) is 22.2 Å². The van der Waals surface area contributed by atoms with Gasteiger partial charge in [0.05, 0.1) is 13.4 Å². The zero-order valence-corrected chi connectivity index (χ0v) is 21.6. The maximum absolute atomic E-state index is 12.2. The van der Waals surface area contributed by atoms with Gasteiger partial charge >= 0.3 is 0 Å². The summed E-state index contributed by atoms with van der Waals surface area (Å²) in [5.41, 5.74) is 5.86. The molecule has 8 heteroatoms. The highest BCUT2D eigenvalue weighted by molar-refractivity contribution is 14.1. The Labute approximate surface area is 212 Å². The summed E-state index contributed by atoms with van der Waals surface area (Å²) in [6.45, 7) is 2.27. The minimum absolute atomic E-state index is 0.251. The molecule has 0 atom stereocenters. The lowest BCUT2D eigenvalue weighted by Crippen LogP contribution is -2.17. The summed E-state index contributed by atoms with van der Waals surface area (Å²) in [4.78, 5) is 12.2. The number of hydrazone groups is 1. The molecule has 154 valence electrons. The van der Waals surface area contributed by atoms with E-state index in [2.05, 4.69) is 55.7 Å². The molecule has 4 nitrogen and oxygen atoms in total. The van der Waals surface area contributed by atoms with E-state index in [1.54, 1.807) is 24.4 Å². The van der Waals surface area contributed by atoms with Gasteiger partial charge in [0.25, 0.3) is 5.91 Å². The van der Waals surface area contributed by atoms with Gasteiger partial charge in [0.15, 0.2) is 0 Å². The van der Waals surface area contributed by atoms with E-state index >= 15 is 0 Å². The molecule has 3 rings (SSSR count). The van der Waals surface area contributed by atoms with Crippen LogP contribution in [-0.2, 0) is 6.61 Å². The van der Waals surface area contributed by atoms with E-state index < -0.39 is 0 Å². The van der Waals surface area contributed by atoms with Gasteiger partial charge in [0.2, 0.25) is 0 Å². The second kappa shape index (κ2) is 10.8. The molecule has 0 saturated carbocycles. The monoisotopic (exact) mass is 664 g/mol. The molecule has 1 N–H and O–H groups in total. The Morgan fingerprint density at radius 3 is 2.50 bits per heavy atom. The van der Waals surface area contributed by atoms with Crippen molar-refractivity contribution in [3.05, 3.63) is 94.0 Å². The molecule has 30 heavy (non-hydrogen) atoms. The number of rotatable bonds is 6. The third-order valence-corrected chi connectivity index (χ3v) is 6.26. The number of halogens is 4. The van der Waals surface area contributed by atoms with Crippen molar-refractivity contribution < 1.29 is 9.53 Å². The Balaban J connectivity index is 1.66. The van der Waals surface area contributed by atoms with Crippen LogP contribution in [0, 0.1) is 14.1 Å². The van der Waals surface area contributed by atoms with Crippen molar-refractivity contribution in [2.24, 2.45) is 5.10 Å². The largest absolute Gasteiger partial charge is 0.487 e. The van der Waals surface area contributed by atoms with Gasteiger partial charge in [0, 0.05) is 21.2 Å². The lowest BCUT2D eigenvalue weighted by Gasteiger charge is -2.12. The molecule has 0 aromatic heterocycles. The molecule has 1 amide bonds. The van der Waals surface area contributed by atoms with Crippen LogP contribution in [0.3, 0.4) is 0 Å². The number of amides is 1. The number of hydrogen-bond donors (Lipinski definition) is 1. The highest BCUT2D eigenvalue weighted by Gasteiger charge is 2.10. The molecular formula is C22H16Cl2I2N2O2. The second-order valence-electron chi connectivity index (χ2n) is 6.41. The fraction of sp³-hybridized carbons (Fsp3) is 0.0909. The number of hydrogen-bond acceptors (Lipinski definition) is 3. The molecule has 0 fully saturated rings. The van der Waals surface area contributed by atoms with E-state index in [9.17, 15) is 4.79 Å². The number of nitrogens with one attached hydrogen (secondary N) is 1. The second-order valence-corrected chi connectivity index (χ2v) is 9.57. The maximum Gasteiger partial charge on any atom is 0.271 e. The number of ether oxygens (including phenoxy) is 1. The smallest absolute Gasteiger partial charge is 0.271 e. The fourth-order valence-electron chi connectivity index (χ4n) is 2.60. The molecule has 0 spiro atoms. The van der Waals surface area contributed by atoms with Crippen molar-refractivity contribution in [3.8, 4) is 5.75 Å². The maximum atomic E-state index is 12.2. The Morgan fingerprint density at radius 2 is 1.83 bits per heavy atom. The Hall–Kier alpha value is -1.36. The highest BCUT2D eigenvalue weighted by atomic mass is 127. The van der Waals surface area contributed by atoms with Gasteiger partial charge in [-0.25, -0.2) is 5.43 Å². The van der Waals surface area contributed by atoms with Crippen LogP contribution in [0.15, 0.2) is 59.7 Å². The Bertz CT molecular complexity index is 1100. The zero-order chi connectivity index (χ0) is 21.7. The summed E-state index contributed by atoms with van der Waals surface area (Å²) in [6, 6.07) is 16.5. The standard InChI is InChI=1S/C22H16Cl2I2N2O2/c1-13-3-2-4-15(7-13)22(29)28-27-11-14-8-19(25)21(20(26)9-14)30-12-16-5-6-17(23)10-18(16)24/h2-11H,12H2,1H3,(H,28,29)/b27-11+. The van der Waals surface area contributed by atoms with Gasteiger partial charge in [-0.3, -0.25) is 4.79 Å². The first-order chi connectivity index (χ1) is 14.3. The first-order valence-electron chi connectivity index (χ1n) is 8.79. The van der Waals surface area contributed by atoms with Crippen molar-refractivity contribution in [1.82, 2.24) is 5.43 Å². The van der Waals surface area contributed by atoms with Crippen molar-refractivity contribution in [3.63, 3.8) is 0 Å². The minimum Gasteiger partial charge on any atom is -0.487 e. The van der Waals surface area contributed by atoms with E-state index in [4.69, 9.17) is 27.9 Å². The summed E-state index contributed by atoms with van der Waals surface area (Å²) in [5, 5.41) is 5.23. The number of aryl methyl sites for hydroxylation is 1. The summed E-state index contributed by atoms with van der Waals surface area (Å²) < 4.78 is 7.84. The van der Waals surface area contributed by atoms with Crippen molar-refractivity contribution in [2.45, 2.75) is 13.5 Å². The van der Waals surface area contributed by atoms with E-state index in [-0.39, 0.29) is 5.91 Å². The Kier molecular flexibility index (Phi) is 8.38. The summed E-state index contributed by atoms with van der Waals surface area (Å²) >= 11 is 16.6. The third-order valence-electron chi connectivity index (χ3n) is 4.07. The topological polar surface area (TPSA) is 50.7 Å². The number of carbonyl (C=O) groups is 1. The number of nitrogens with zero attached hydrogens (tertiary/aromatic N) is 1. The predicted molar refractivity (Wildman–Crippen MR) is 139 cm³/mol. The molecule has 0 unspecified atom stereocenters. The van der Waals surface area contributed by atoms with Crippen LogP contribution in [0.2, 0.25) is 10.0 Å². The normalized spacial score (nSPS) is 11.0. The van der Waals surface area contributed by atoms with E-state index in [0.717, 1.165) is 29.6 Å². The van der Waals surface area contributed by atoms with Crippen molar-refractivity contribution >= 4 is 80.5 Å². The first-order valence-corrected chi connectivity index (χ1v) is 11.7. The lowest BCUT2D eigenvalue weighted by atomic mass is 10.1. The highest BCUT2D eigenvalue weighted by Crippen LogP contribution is 2.30. The van der Waals surface area contributed by atoms with E-state index in [1.165, 1.54) is 0 Å². The van der Waals surface area contributed by atoms with Crippen molar-refractivity contribution in [1.29, 1.82) is 0 Å². The lowest BCUT2D eigenvalue weighted by molar-refractivity contribution is 0.0955. The predicted octanol–water partition coefficient (Wildman–Crippen LogP) is 6.85. The molecule has 3 aromatic carbocycles. The fourth-order valence-corrected chi connectivity index (χ4v) is 5.19. The average molecular weight is 665 g/mol. The average Bonchev–Trinajstić information content (AvgIpc) is 2.68. The van der Waals surface area contributed by atoms with Gasteiger partial charge in [-0.1, -0.05) is 47.0 Å². The summed E-state index contributed by atoms with van der Waals surface area (Å²) in [5.74, 6) is 0.516. The molecule has 0 aliphatic heterocycles. The van der Waals surface area contributed by atoms with Crippen LogP contribution in [-0.4, -0.2) is 12.1 Å². The van der Waals surface area contributed by atoms with Crippen LogP contribution >= 0.6 is 68.4 Å². The van der Waals surface area contributed by atoms with Crippen LogP contribution < -0.4 is 10.2 Å². The van der Waals surface area contributed by atoms with Crippen LogP contribution in [0.1, 0.15) is 27.0 Å². The molecule has 3 aromatic rings. The van der Waals surface area contributed by atoms with Crippen LogP contribution in [0.5, 0.6) is 5.75 Å². The minimum atomic E-state index is -0.251. The van der Waals surface area contributed by atoms with Crippen LogP contribution in [0.4, 0.5) is 0 Å². The number of carbonyl (C=O) groups excluding carboxylic acids is 1. The SMILES string of the molecule is Cc1cccc(C(=O)N/N=C/c2cc(I)c(OCc3ccc(Cl)cc3Cl)c(I)c2)c1. The number of benzene rings is 3. The molecule has 0 aliphatic carbocycles. The van der Waals surface area contributed by atoms with Crippen molar-refractivity contribution in [2.75, 3.05) is 0 Å². The molecule has 0 saturated heterocycles. The van der Waals surface area contributed by atoms with Gasteiger partial charge < -0.3 is 4.74 Å².